The van der Waals surface area contributed by atoms with Gasteiger partial charge in [0.1, 0.15) is 6.61 Å². The molecule has 0 bridgehead atoms. The van der Waals surface area contributed by atoms with Gasteiger partial charge >= 0.3 is 0 Å². The highest BCUT2D eigenvalue weighted by Crippen LogP contribution is 2.34. The molecule has 22 heavy (non-hydrogen) atoms. The van der Waals surface area contributed by atoms with E-state index in [4.69, 9.17) is 9.47 Å². The van der Waals surface area contributed by atoms with Gasteiger partial charge in [0, 0.05) is 6.54 Å². The third-order valence-electron chi connectivity index (χ3n) is 3.27. The highest BCUT2D eigenvalue weighted by Gasteiger charge is 2.11. The molecule has 0 aromatic heterocycles. The summed E-state index contributed by atoms with van der Waals surface area (Å²) in [6.45, 7) is 4.57. The van der Waals surface area contributed by atoms with Crippen molar-refractivity contribution >= 4 is 22.6 Å². The van der Waals surface area contributed by atoms with Crippen molar-refractivity contribution < 1.29 is 9.47 Å². The second kappa shape index (κ2) is 9.00. The summed E-state index contributed by atoms with van der Waals surface area (Å²) in [7, 11) is 1.68. The smallest absolute Gasteiger partial charge is 0.174 e. The van der Waals surface area contributed by atoms with Crippen LogP contribution in [0.15, 0.2) is 42.5 Å². The van der Waals surface area contributed by atoms with Gasteiger partial charge in [-0.05, 0) is 58.8 Å². The minimum absolute atomic E-state index is 0.542. The topological polar surface area (TPSA) is 30.5 Å². The van der Waals surface area contributed by atoms with Crippen molar-refractivity contribution in [3.8, 4) is 11.5 Å². The van der Waals surface area contributed by atoms with Crippen LogP contribution < -0.4 is 14.8 Å². The lowest BCUT2D eigenvalue weighted by Gasteiger charge is -2.15. The van der Waals surface area contributed by atoms with Crippen molar-refractivity contribution in [3.63, 3.8) is 0 Å². The molecule has 4 heteroatoms. The Labute approximate surface area is 146 Å². The van der Waals surface area contributed by atoms with Crippen molar-refractivity contribution in [1.82, 2.24) is 5.32 Å². The first kappa shape index (κ1) is 17.1. The number of halogens is 1. The van der Waals surface area contributed by atoms with Gasteiger partial charge in [0.2, 0.25) is 0 Å². The Morgan fingerprint density at radius 3 is 2.55 bits per heavy atom. The molecule has 0 saturated heterocycles. The summed E-state index contributed by atoms with van der Waals surface area (Å²) in [5, 5.41) is 3.41. The van der Waals surface area contributed by atoms with Crippen molar-refractivity contribution in [1.29, 1.82) is 0 Å². The van der Waals surface area contributed by atoms with Gasteiger partial charge in [0.15, 0.2) is 11.5 Å². The van der Waals surface area contributed by atoms with Gasteiger partial charge in [0.25, 0.3) is 0 Å². The SMILES string of the molecule is CCCNCc1cc(I)c(OCc2ccccc2)c(OC)c1. The Hall–Kier alpha value is -1.27. The quantitative estimate of drug-likeness (QED) is 0.517. The predicted octanol–water partition coefficient (Wildman–Crippen LogP) is 4.38. The van der Waals surface area contributed by atoms with Gasteiger partial charge in [0.05, 0.1) is 10.7 Å². The van der Waals surface area contributed by atoms with Crippen molar-refractivity contribution in [2.24, 2.45) is 0 Å². The summed E-state index contributed by atoms with van der Waals surface area (Å²) in [5.41, 5.74) is 2.36. The van der Waals surface area contributed by atoms with E-state index in [9.17, 15) is 0 Å². The monoisotopic (exact) mass is 411 g/mol. The zero-order chi connectivity index (χ0) is 15.8. The van der Waals surface area contributed by atoms with Crippen LogP contribution in [0.25, 0.3) is 0 Å². The van der Waals surface area contributed by atoms with E-state index in [-0.39, 0.29) is 0 Å². The number of hydrogen-bond donors (Lipinski definition) is 1. The Kier molecular flexibility index (Phi) is 6.99. The Balaban J connectivity index is 2.09. The molecule has 0 atom stereocenters. The predicted molar refractivity (Wildman–Crippen MR) is 98.5 cm³/mol. The molecule has 0 amide bonds. The standard InChI is InChI=1S/C18H22INO2/c1-3-9-20-12-15-10-16(19)18(17(11-15)21-2)22-13-14-7-5-4-6-8-14/h4-8,10-11,20H,3,9,12-13H2,1-2H3. The summed E-state index contributed by atoms with van der Waals surface area (Å²) < 4.78 is 12.5. The molecule has 0 spiro atoms. The fourth-order valence-corrected chi connectivity index (χ4v) is 2.98. The largest absolute Gasteiger partial charge is 0.493 e. The molecule has 0 radical (unpaired) electrons. The normalized spacial score (nSPS) is 10.5. The molecule has 0 aliphatic heterocycles. The first-order valence-corrected chi connectivity index (χ1v) is 8.56. The van der Waals surface area contributed by atoms with E-state index in [0.717, 1.165) is 40.1 Å². The summed E-state index contributed by atoms with van der Waals surface area (Å²) in [4.78, 5) is 0. The van der Waals surface area contributed by atoms with Crippen LogP contribution >= 0.6 is 22.6 Å². The van der Waals surface area contributed by atoms with E-state index in [1.54, 1.807) is 7.11 Å². The van der Waals surface area contributed by atoms with E-state index in [1.165, 1.54) is 5.56 Å². The Morgan fingerprint density at radius 1 is 1.09 bits per heavy atom. The molecule has 1 N–H and O–H groups in total. The van der Waals surface area contributed by atoms with Crippen LogP contribution in [0.3, 0.4) is 0 Å². The first-order valence-electron chi connectivity index (χ1n) is 7.48. The third kappa shape index (κ3) is 4.88. The average Bonchev–Trinajstić information content (AvgIpc) is 2.54. The number of ether oxygens (including phenoxy) is 2. The molecule has 0 saturated carbocycles. The maximum atomic E-state index is 5.97. The zero-order valence-electron chi connectivity index (χ0n) is 13.1. The van der Waals surface area contributed by atoms with Gasteiger partial charge < -0.3 is 14.8 Å². The number of methoxy groups -OCH3 is 1. The van der Waals surface area contributed by atoms with Gasteiger partial charge in [-0.3, -0.25) is 0 Å². The molecule has 0 unspecified atom stereocenters. The Morgan fingerprint density at radius 2 is 1.86 bits per heavy atom. The average molecular weight is 411 g/mol. The molecule has 0 aliphatic rings. The van der Waals surface area contributed by atoms with Crippen molar-refractivity contribution in [2.45, 2.75) is 26.5 Å². The molecule has 0 fully saturated rings. The number of benzene rings is 2. The van der Waals surface area contributed by atoms with E-state index in [2.05, 4.69) is 53.0 Å². The van der Waals surface area contributed by atoms with Crippen LogP contribution in [0, 0.1) is 3.57 Å². The van der Waals surface area contributed by atoms with Crippen LogP contribution in [-0.2, 0) is 13.2 Å². The molecule has 2 aromatic rings. The van der Waals surface area contributed by atoms with E-state index < -0.39 is 0 Å². The lowest BCUT2D eigenvalue weighted by molar-refractivity contribution is 0.282. The summed E-state index contributed by atoms with van der Waals surface area (Å²) in [5.74, 6) is 1.60. The lowest BCUT2D eigenvalue weighted by atomic mass is 10.2. The van der Waals surface area contributed by atoms with E-state index in [1.807, 2.05) is 24.3 Å². The van der Waals surface area contributed by atoms with Crippen molar-refractivity contribution in [2.75, 3.05) is 13.7 Å². The van der Waals surface area contributed by atoms with Gasteiger partial charge in [-0.2, -0.15) is 0 Å². The highest BCUT2D eigenvalue weighted by molar-refractivity contribution is 14.1. The maximum Gasteiger partial charge on any atom is 0.174 e. The number of rotatable bonds is 8. The minimum atomic E-state index is 0.542. The van der Waals surface area contributed by atoms with Crippen LogP contribution in [-0.4, -0.2) is 13.7 Å². The molecule has 0 aliphatic carbocycles. The number of hydrogen-bond acceptors (Lipinski definition) is 3. The molecule has 2 rings (SSSR count). The molecular formula is C18H22INO2. The van der Waals surface area contributed by atoms with E-state index in [0.29, 0.717) is 6.61 Å². The minimum Gasteiger partial charge on any atom is -0.493 e. The maximum absolute atomic E-state index is 5.97. The first-order chi connectivity index (χ1) is 10.7. The molecule has 0 heterocycles. The van der Waals surface area contributed by atoms with Gasteiger partial charge in [-0.25, -0.2) is 0 Å². The third-order valence-corrected chi connectivity index (χ3v) is 4.07. The molecule has 118 valence electrons. The second-order valence-electron chi connectivity index (χ2n) is 5.06. The fraction of sp³-hybridized carbons (Fsp3) is 0.333. The number of nitrogens with one attached hydrogen (secondary N) is 1. The van der Waals surface area contributed by atoms with Crippen LogP contribution in [0.2, 0.25) is 0 Å². The van der Waals surface area contributed by atoms with E-state index >= 15 is 0 Å². The highest BCUT2D eigenvalue weighted by atomic mass is 127. The molecular weight excluding hydrogens is 389 g/mol. The second-order valence-corrected chi connectivity index (χ2v) is 6.22. The lowest BCUT2D eigenvalue weighted by Crippen LogP contribution is -2.14. The van der Waals surface area contributed by atoms with Gasteiger partial charge in [-0.1, -0.05) is 37.3 Å². The van der Waals surface area contributed by atoms with Crippen molar-refractivity contribution in [3.05, 3.63) is 57.2 Å². The summed E-state index contributed by atoms with van der Waals surface area (Å²) in [6, 6.07) is 14.3. The van der Waals surface area contributed by atoms with Crippen LogP contribution in [0.1, 0.15) is 24.5 Å². The Bertz CT molecular complexity index is 587. The van der Waals surface area contributed by atoms with Crippen LogP contribution in [0.4, 0.5) is 0 Å². The summed E-state index contributed by atoms with van der Waals surface area (Å²) >= 11 is 2.31. The zero-order valence-corrected chi connectivity index (χ0v) is 15.2. The van der Waals surface area contributed by atoms with Gasteiger partial charge in [-0.15, -0.1) is 0 Å². The summed E-state index contributed by atoms with van der Waals surface area (Å²) in [6.07, 6.45) is 1.13. The fourth-order valence-electron chi connectivity index (χ4n) is 2.15. The molecule has 3 nitrogen and oxygen atoms in total. The van der Waals surface area contributed by atoms with Crippen LogP contribution in [0.5, 0.6) is 11.5 Å². The molecule has 2 aromatic carbocycles.